The number of carbonyl (C=O) groups is 1. The van der Waals surface area contributed by atoms with Crippen molar-refractivity contribution in [3.63, 3.8) is 0 Å². The number of hydrogen-bond donors (Lipinski definition) is 4. The van der Waals surface area contributed by atoms with Crippen molar-refractivity contribution in [1.29, 1.82) is 0 Å². The molecule has 0 aliphatic rings. The van der Waals surface area contributed by atoms with Crippen molar-refractivity contribution in [3.8, 4) is 0 Å². The smallest absolute Gasteiger partial charge is 0.325 e. The van der Waals surface area contributed by atoms with Crippen molar-refractivity contribution in [3.05, 3.63) is 38.1 Å². The second kappa shape index (κ2) is 5.49. The number of thiazole rings is 1. The SMILES string of the molecule is O=C(O)Cc1csc(NS(=O)(=O)c2c[nH]c(=O)[nH]c2=O)n1. The van der Waals surface area contributed by atoms with E-state index in [9.17, 15) is 22.8 Å². The summed E-state index contributed by atoms with van der Waals surface area (Å²) >= 11 is 0.873. The monoisotopic (exact) mass is 332 g/mol. The Balaban J connectivity index is 2.29. The van der Waals surface area contributed by atoms with Gasteiger partial charge in [0, 0.05) is 11.6 Å². The van der Waals surface area contributed by atoms with E-state index in [1.165, 1.54) is 5.38 Å². The van der Waals surface area contributed by atoms with Crippen molar-refractivity contribution in [2.75, 3.05) is 4.72 Å². The van der Waals surface area contributed by atoms with Crippen LogP contribution in [0.15, 0.2) is 26.1 Å². The van der Waals surface area contributed by atoms with Crippen LogP contribution in [-0.4, -0.2) is 34.4 Å². The largest absolute Gasteiger partial charge is 0.481 e. The molecule has 4 N–H and O–H groups in total. The van der Waals surface area contributed by atoms with E-state index < -0.39 is 32.1 Å². The fraction of sp³-hybridized carbons (Fsp3) is 0.111. The van der Waals surface area contributed by atoms with Crippen LogP contribution in [0.1, 0.15) is 5.69 Å². The number of sulfonamides is 1. The number of carboxylic acids is 1. The van der Waals surface area contributed by atoms with Gasteiger partial charge < -0.3 is 10.1 Å². The number of anilines is 1. The molecule has 2 aromatic rings. The maximum absolute atomic E-state index is 12.0. The fourth-order valence-corrected chi connectivity index (χ4v) is 3.33. The molecule has 0 saturated heterocycles. The molecule has 0 saturated carbocycles. The van der Waals surface area contributed by atoms with E-state index >= 15 is 0 Å². The molecule has 12 heteroatoms. The molecule has 112 valence electrons. The highest BCUT2D eigenvalue weighted by molar-refractivity contribution is 7.92. The highest BCUT2D eigenvalue weighted by Crippen LogP contribution is 2.18. The van der Waals surface area contributed by atoms with E-state index in [0.29, 0.717) is 0 Å². The van der Waals surface area contributed by atoms with Gasteiger partial charge in [0.05, 0.1) is 12.1 Å². The third-order valence-corrected chi connectivity index (χ3v) is 4.46. The van der Waals surface area contributed by atoms with Gasteiger partial charge in [-0.05, 0) is 0 Å². The minimum atomic E-state index is -4.24. The first-order valence-electron chi connectivity index (χ1n) is 5.29. The second-order valence-electron chi connectivity index (χ2n) is 3.76. The van der Waals surface area contributed by atoms with Crippen LogP contribution in [0.25, 0.3) is 0 Å². The number of nitrogens with one attached hydrogen (secondary N) is 3. The molecule has 0 unspecified atom stereocenters. The molecule has 2 heterocycles. The summed E-state index contributed by atoms with van der Waals surface area (Å²) in [6.45, 7) is 0. The maximum atomic E-state index is 12.0. The summed E-state index contributed by atoms with van der Waals surface area (Å²) in [7, 11) is -4.24. The minimum Gasteiger partial charge on any atom is -0.481 e. The molecule has 0 aliphatic carbocycles. The van der Waals surface area contributed by atoms with Crippen LogP contribution >= 0.6 is 11.3 Å². The molecule has 0 spiro atoms. The number of aromatic nitrogens is 3. The van der Waals surface area contributed by atoms with Crippen LogP contribution in [0.3, 0.4) is 0 Å². The molecule has 2 rings (SSSR count). The van der Waals surface area contributed by atoms with Gasteiger partial charge in [-0.15, -0.1) is 11.3 Å². The van der Waals surface area contributed by atoms with Gasteiger partial charge in [-0.3, -0.25) is 19.3 Å². The van der Waals surface area contributed by atoms with Crippen LogP contribution in [0.5, 0.6) is 0 Å². The highest BCUT2D eigenvalue weighted by Gasteiger charge is 2.20. The summed E-state index contributed by atoms with van der Waals surface area (Å²) in [4.78, 5) is 39.7. The lowest BCUT2D eigenvalue weighted by Crippen LogP contribution is -2.29. The molecule has 0 fully saturated rings. The summed E-state index contributed by atoms with van der Waals surface area (Å²) in [5.74, 6) is -1.10. The number of rotatable bonds is 5. The Bertz CT molecular complexity index is 893. The van der Waals surface area contributed by atoms with Crippen molar-refractivity contribution < 1.29 is 18.3 Å². The number of aliphatic carboxylic acids is 1. The van der Waals surface area contributed by atoms with E-state index in [4.69, 9.17) is 5.11 Å². The third-order valence-electron chi connectivity index (χ3n) is 2.18. The maximum Gasteiger partial charge on any atom is 0.325 e. The molecule has 0 amide bonds. The van der Waals surface area contributed by atoms with Gasteiger partial charge in [-0.2, -0.15) is 0 Å². The van der Waals surface area contributed by atoms with Gasteiger partial charge in [0.2, 0.25) is 0 Å². The lowest BCUT2D eigenvalue weighted by atomic mass is 10.3. The summed E-state index contributed by atoms with van der Waals surface area (Å²) in [5, 5.41) is 9.89. The van der Waals surface area contributed by atoms with Gasteiger partial charge in [-0.1, -0.05) is 0 Å². The first-order chi connectivity index (χ1) is 9.78. The molecule has 10 nitrogen and oxygen atoms in total. The van der Waals surface area contributed by atoms with Crippen LogP contribution < -0.4 is 16.0 Å². The number of hydrogen-bond acceptors (Lipinski definition) is 7. The van der Waals surface area contributed by atoms with Gasteiger partial charge in [0.25, 0.3) is 15.6 Å². The predicted octanol–water partition coefficient (Wildman–Crippen LogP) is -1.05. The summed E-state index contributed by atoms with van der Waals surface area (Å²) in [6, 6.07) is 0. The molecule has 0 bridgehead atoms. The summed E-state index contributed by atoms with van der Waals surface area (Å²) in [6.07, 6.45) is 0.409. The van der Waals surface area contributed by atoms with Crippen molar-refractivity contribution in [1.82, 2.24) is 15.0 Å². The van der Waals surface area contributed by atoms with Gasteiger partial charge in [-0.25, -0.2) is 18.2 Å². The Morgan fingerprint density at radius 2 is 2.14 bits per heavy atom. The quantitative estimate of drug-likeness (QED) is 0.542. The molecule has 2 aromatic heterocycles. The second-order valence-corrected chi connectivity index (χ2v) is 6.27. The topological polar surface area (TPSA) is 162 Å². The lowest BCUT2D eigenvalue weighted by Gasteiger charge is -2.03. The van der Waals surface area contributed by atoms with E-state index in [0.717, 1.165) is 17.5 Å². The molecule has 0 aromatic carbocycles. The zero-order valence-electron chi connectivity index (χ0n) is 10.1. The Kier molecular flexibility index (Phi) is 3.90. The van der Waals surface area contributed by atoms with Crippen LogP contribution in [-0.2, 0) is 21.2 Å². The molecular weight excluding hydrogens is 324 g/mol. The Labute approximate surface area is 120 Å². The Hall–Kier alpha value is -2.47. The zero-order chi connectivity index (χ0) is 15.6. The Morgan fingerprint density at radius 1 is 1.43 bits per heavy atom. The van der Waals surface area contributed by atoms with Crippen LogP contribution in [0.2, 0.25) is 0 Å². The van der Waals surface area contributed by atoms with Crippen molar-refractivity contribution >= 4 is 32.5 Å². The summed E-state index contributed by atoms with van der Waals surface area (Å²) < 4.78 is 26.0. The number of aromatic amines is 2. The number of nitrogens with zero attached hydrogens (tertiary/aromatic N) is 1. The molecule has 0 radical (unpaired) electrons. The van der Waals surface area contributed by atoms with E-state index in [1.807, 2.05) is 9.71 Å². The third kappa shape index (κ3) is 3.55. The average molecular weight is 332 g/mol. The highest BCUT2D eigenvalue weighted by atomic mass is 32.2. The normalized spacial score (nSPS) is 11.2. The van der Waals surface area contributed by atoms with E-state index in [2.05, 4.69) is 4.98 Å². The van der Waals surface area contributed by atoms with Crippen molar-refractivity contribution in [2.24, 2.45) is 0 Å². The van der Waals surface area contributed by atoms with Gasteiger partial charge in [0.15, 0.2) is 10.0 Å². The molecule has 0 atom stereocenters. The lowest BCUT2D eigenvalue weighted by molar-refractivity contribution is -0.136. The Morgan fingerprint density at radius 3 is 2.76 bits per heavy atom. The van der Waals surface area contributed by atoms with E-state index in [-0.39, 0.29) is 17.2 Å². The number of carboxylic acid groups (broad SMARTS) is 1. The molecular formula is C9H8N4O6S2. The fourth-order valence-electron chi connectivity index (χ4n) is 1.36. The van der Waals surface area contributed by atoms with E-state index in [1.54, 1.807) is 4.98 Å². The predicted molar refractivity (Wildman–Crippen MR) is 71.9 cm³/mol. The first-order valence-corrected chi connectivity index (χ1v) is 7.65. The first kappa shape index (κ1) is 14.9. The van der Waals surface area contributed by atoms with Crippen LogP contribution in [0.4, 0.5) is 5.13 Å². The standard InChI is InChI=1S/C9H8N4O6S2/c14-6(15)1-4-3-20-9(11-4)13-21(18,19)5-2-10-8(17)12-7(5)16/h2-3H,1H2,(H,11,13)(H,14,15)(H2,10,12,16,17). The molecule has 21 heavy (non-hydrogen) atoms. The van der Waals surface area contributed by atoms with Crippen LogP contribution in [0, 0.1) is 0 Å². The van der Waals surface area contributed by atoms with Gasteiger partial charge in [0.1, 0.15) is 0 Å². The zero-order valence-corrected chi connectivity index (χ0v) is 11.7. The van der Waals surface area contributed by atoms with Crippen molar-refractivity contribution in [2.45, 2.75) is 11.3 Å². The summed E-state index contributed by atoms with van der Waals surface area (Å²) in [5.41, 5.74) is -1.73. The minimum absolute atomic E-state index is 0.0862. The average Bonchev–Trinajstić information content (AvgIpc) is 2.73. The van der Waals surface area contributed by atoms with Gasteiger partial charge >= 0.3 is 11.7 Å². The molecule has 0 aliphatic heterocycles. The number of H-pyrrole nitrogens is 2.